The summed E-state index contributed by atoms with van der Waals surface area (Å²) < 4.78 is 20.9. The minimum atomic E-state index is -0.725. The molecule has 10 heteroatoms. The average Bonchev–Trinajstić information content (AvgIpc) is 3.27. The van der Waals surface area contributed by atoms with Crippen LogP contribution in [-0.4, -0.2) is 57.7 Å². The largest absolute Gasteiger partial charge is 0.497 e. The maximum Gasteiger partial charge on any atom is 0.338 e. The number of hydrogen-bond donors (Lipinski definition) is 1. The van der Waals surface area contributed by atoms with Gasteiger partial charge in [0.15, 0.2) is 6.61 Å². The smallest absolute Gasteiger partial charge is 0.338 e. The second-order valence-corrected chi connectivity index (χ2v) is 8.67. The van der Waals surface area contributed by atoms with Crippen molar-refractivity contribution in [2.45, 2.75) is 20.3 Å². The van der Waals surface area contributed by atoms with E-state index in [4.69, 9.17) is 18.9 Å². The number of nitrogens with one attached hydrogen (secondary N) is 1. The van der Waals surface area contributed by atoms with Gasteiger partial charge in [0.05, 0.1) is 38.0 Å². The summed E-state index contributed by atoms with van der Waals surface area (Å²) in [4.78, 5) is 50.8. The van der Waals surface area contributed by atoms with Crippen LogP contribution in [0.3, 0.4) is 0 Å². The first-order valence-corrected chi connectivity index (χ1v) is 11.5. The lowest BCUT2D eigenvalue weighted by molar-refractivity contribution is -0.151. The Morgan fingerprint density at radius 1 is 1.03 bits per heavy atom. The van der Waals surface area contributed by atoms with E-state index >= 15 is 0 Å². The Labute approximate surface area is 209 Å². The van der Waals surface area contributed by atoms with Gasteiger partial charge in [-0.25, -0.2) is 4.79 Å². The van der Waals surface area contributed by atoms with Crippen molar-refractivity contribution >= 4 is 35.1 Å². The molecule has 1 atom stereocenters. The van der Waals surface area contributed by atoms with Gasteiger partial charge in [-0.05, 0) is 42.3 Å². The van der Waals surface area contributed by atoms with Crippen LogP contribution < -0.4 is 19.7 Å². The maximum absolute atomic E-state index is 12.6. The maximum atomic E-state index is 12.6. The second-order valence-electron chi connectivity index (χ2n) is 8.67. The van der Waals surface area contributed by atoms with Crippen LogP contribution in [-0.2, 0) is 23.9 Å². The van der Waals surface area contributed by atoms with Gasteiger partial charge < -0.3 is 29.2 Å². The van der Waals surface area contributed by atoms with Crippen molar-refractivity contribution in [2.75, 3.05) is 44.2 Å². The molecule has 0 radical (unpaired) electrons. The highest BCUT2D eigenvalue weighted by Crippen LogP contribution is 2.36. The number of ether oxygens (including phenoxy) is 4. The number of nitrogens with zero attached hydrogens (tertiary/aromatic N) is 1. The van der Waals surface area contributed by atoms with Crippen molar-refractivity contribution in [3.63, 3.8) is 0 Å². The molecular weight excluding hydrogens is 468 g/mol. The molecule has 2 aromatic rings. The van der Waals surface area contributed by atoms with Gasteiger partial charge in [-0.2, -0.15) is 0 Å². The third kappa shape index (κ3) is 6.74. The van der Waals surface area contributed by atoms with Crippen LogP contribution in [0.4, 0.5) is 11.4 Å². The van der Waals surface area contributed by atoms with Gasteiger partial charge in [0.2, 0.25) is 5.91 Å². The van der Waals surface area contributed by atoms with Crippen molar-refractivity contribution in [2.24, 2.45) is 11.8 Å². The number of hydrogen-bond acceptors (Lipinski definition) is 8. The van der Waals surface area contributed by atoms with E-state index in [-0.39, 0.29) is 24.8 Å². The number of rotatable bonds is 10. The molecule has 1 fully saturated rings. The molecule has 0 saturated carbocycles. The zero-order chi connectivity index (χ0) is 26.2. The first kappa shape index (κ1) is 26.5. The molecule has 0 bridgehead atoms. The monoisotopic (exact) mass is 498 g/mol. The van der Waals surface area contributed by atoms with Crippen molar-refractivity contribution in [3.05, 3.63) is 48.0 Å². The van der Waals surface area contributed by atoms with Crippen molar-refractivity contribution in [3.8, 4) is 11.5 Å². The molecular formula is C26H30N2O8. The fourth-order valence-corrected chi connectivity index (χ4v) is 3.57. The number of anilines is 2. The molecule has 10 nitrogen and oxygen atoms in total. The van der Waals surface area contributed by atoms with E-state index in [0.29, 0.717) is 35.0 Å². The van der Waals surface area contributed by atoms with Crippen molar-refractivity contribution < 1.29 is 38.1 Å². The summed E-state index contributed by atoms with van der Waals surface area (Å²) in [5, 5.41) is 2.60. The Hall–Kier alpha value is -4.08. The van der Waals surface area contributed by atoms with Gasteiger partial charge in [-0.3, -0.25) is 14.4 Å². The van der Waals surface area contributed by atoms with Gasteiger partial charge in [-0.1, -0.05) is 13.8 Å². The highest BCUT2D eigenvalue weighted by molar-refractivity contribution is 6.01. The van der Waals surface area contributed by atoms with E-state index in [0.717, 1.165) is 0 Å². The number of esters is 2. The van der Waals surface area contributed by atoms with Crippen LogP contribution in [0.5, 0.6) is 11.5 Å². The Morgan fingerprint density at radius 2 is 1.75 bits per heavy atom. The highest BCUT2D eigenvalue weighted by Gasteiger charge is 2.37. The number of methoxy groups -OCH3 is 2. The van der Waals surface area contributed by atoms with Gasteiger partial charge in [0.1, 0.15) is 11.5 Å². The molecule has 192 valence electrons. The van der Waals surface area contributed by atoms with E-state index in [1.165, 1.54) is 31.3 Å². The van der Waals surface area contributed by atoms with E-state index in [1.807, 2.05) is 13.8 Å². The normalized spacial score (nSPS) is 15.0. The Kier molecular flexibility index (Phi) is 8.88. The molecule has 1 N–H and O–H groups in total. The minimum Gasteiger partial charge on any atom is -0.497 e. The number of carbonyl (C=O) groups is 4. The summed E-state index contributed by atoms with van der Waals surface area (Å²) in [5.41, 5.74) is 1.29. The summed E-state index contributed by atoms with van der Waals surface area (Å²) in [6, 6.07) is 11.2. The Morgan fingerprint density at radius 3 is 2.39 bits per heavy atom. The predicted octanol–water partition coefficient (Wildman–Crippen LogP) is 3.05. The number of amides is 2. The minimum absolute atomic E-state index is 0.0464. The van der Waals surface area contributed by atoms with Crippen LogP contribution >= 0.6 is 0 Å². The molecule has 3 rings (SSSR count). The van der Waals surface area contributed by atoms with Gasteiger partial charge in [-0.15, -0.1) is 0 Å². The average molecular weight is 499 g/mol. The molecule has 0 unspecified atom stereocenters. The number of carbonyl (C=O) groups excluding carboxylic acids is 4. The quantitative estimate of drug-likeness (QED) is 0.496. The summed E-state index contributed by atoms with van der Waals surface area (Å²) in [5.74, 6) is -1.39. The SMILES string of the molecule is COc1ccc(OC)c(N2C[C@@H](C(=O)OCC(=O)Nc3ccc(C(=O)OCC(C)C)cc3)CC2=O)c1. The molecule has 2 aromatic carbocycles. The van der Waals surface area contributed by atoms with Crippen molar-refractivity contribution in [1.29, 1.82) is 0 Å². The highest BCUT2D eigenvalue weighted by atomic mass is 16.5. The van der Waals surface area contributed by atoms with E-state index in [1.54, 1.807) is 30.3 Å². The van der Waals surface area contributed by atoms with Crippen LogP contribution in [0, 0.1) is 11.8 Å². The van der Waals surface area contributed by atoms with Crippen LogP contribution in [0.2, 0.25) is 0 Å². The second kappa shape index (κ2) is 12.1. The van der Waals surface area contributed by atoms with Gasteiger partial charge >= 0.3 is 11.9 Å². The summed E-state index contributed by atoms with van der Waals surface area (Å²) in [7, 11) is 3.00. The Balaban J connectivity index is 1.51. The van der Waals surface area contributed by atoms with E-state index < -0.39 is 30.4 Å². The fourth-order valence-electron chi connectivity index (χ4n) is 3.57. The molecule has 1 heterocycles. The van der Waals surface area contributed by atoms with E-state index in [9.17, 15) is 19.2 Å². The molecule has 1 aliphatic heterocycles. The zero-order valence-corrected chi connectivity index (χ0v) is 20.7. The van der Waals surface area contributed by atoms with E-state index in [2.05, 4.69) is 5.32 Å². The standard InChI is InChI=1S/C26H30N2O8/c1-16(2)14-35-25(31)17-5-7-19(8-6-17)27-23(29)15-36-26(32)18-11-24(30)28(13-18)21-12-20(33-3)9-10-22(21)34-4/h5-10,12,16,18H,11,13-15H2,1-4H3,(H,27,29)/t18-/m0/s1. The first-order valence-electron chi connectivity index (χ1n) is 11.5. The molecule has 0 aliphatic carbocycles. The lowest BCUT2D eigenvalue weighted by Crippen LogP contribution is -2.28. The van der Waals surface area contributed by atoms with Gasteiger partial charge in [0, 0.05) is 24.7 Å². The lowest BCUT2D eigenvalue weighted by atomic mass is 10.1. The summed E-state index contributed by atoms with van der Waals surface area (Å²) in [6.07, 6.45) is -0.0464. The van der Waals surface area contributed by atoms with Crippen LogP contribution in [0.1, 0.15) is 30.6 Å². The molecule has 2 amide bonds. The molecule has 0 spiro atoms. The first-order chi connectivity index (χ1) is 17.2. The zero-order valence-electron chi connectivity index (χ0n) is 20.7. The molecule has 36 heavy (non-hydrogen) atoms. The molecule has 1 saturated heterocycles. The van der Waals surface area contributed by atoms with Crippen LogP contribution in [0.25, 0.3) is 0 Å². The lowest BCUT2D eigenvalue weighted by Gasteiger charge is -2.20. The summed E-state index contributed by atoms with van der Waals surface area (Å²) in [6.45, 7) is 3.79. The molecule has 0 aromatic heterocycles. The summed E-state index contributed by atoms with van der Waals surface area (Å²) >= 11 is 0. The predicted molar refractivity (Wildman–Crippen MR) is 131 cm³/mol. The topological polar surface area (TPSA) is 120 Å². The third-order valence-corrected chi connectivity index (χ3v) is 5.43. The molecule has 1 aliphatic rings. The van der Waals surface area contributed by atoms with Crippen molar-refractivity contribution in [1.82, 2.24) is 0 Å². The fraction of sp³-hybridized carbons (Fsp3) is 0.385. The third-order valence-electron chi connectivity index (χ3n) is 5.43. The van der Waals surface area contributed by atoms with Crippen LogP contribution in [0.15, 0.2) is 42.5 Å². The van der Waals surface area contributed by atoms with Gasteiger partial charge in [0.25, 0.3) is 5.91 Å². The Bertz CT molecular complexity index is 1110. The number of benzene rings is 2.